The molecule has 0 aromatic heterocycles. The fourth-order valence-corrected chi connectivity index (χ4v) is 6.47. The van der Waals surface area contributed by atoms with Crippen molar-refractivity contribution in [3.8, 4) is 0 Å². The SMILES string of the molecule is CCN(C(=O)C(NC(=O)NC1CCCCC1)C1CCCCC1)C(C(=O)NC(CCC1CC1)C(=O)C(N)=O)C(C)C(O)O. The number of primary amides is 1. The van der Waals surface area contributed by atoms with E-state index in [4.69, 9.17) is 5.73 Å². The maximum Gasteiger partial charge on any atom is 0.315 e. The van der Waals surface area contributed by atoms with Gasteiger partial charge in [-0.25, -0.2) is 4.79 Å². The van der Waals surface area contributed by atoms with Gasteiger partial charge in [0.2, 0.25) is 17.6 Å². The van der Waals surface area contributed by atoms with E-state index in [2.05, 4.69) is 16.0 Å². The van der Waals surface area contributed by atoms with Crippen LogP contribution in [0.25, 0.3) is 0 Å². The number of rotatable bonds is 15. The molecule has 0 bridgehead atoms. The highest BCUT2D eigenvalue weighted by atomic mass is 16.5. The Kier molecular flexibility index (Phi) is 13.0. The molecular weight excluding hydrogens is 542 g/mol. The highest BCUT2D eigenvalue weighted by Gasteiger charge is 2.43. The van der Waals surface area contributed by atoms with Gasteiger partial charge in [-0.2, -0.15) is 0 Å². The second kappa shape index (κ2) is 16.2. The molecule has 3 fully saturated rings. The zero-order valence-electron chi connectivity index (χ0n) is 25.2. The fraction of sp³-hybridized carbons (Fsp3) is 0.833. The van der Waals surface area contributed by atoms with Gasteiger partial charge < -0.3 is 36.8 Å². The summed E-state index contributed by atoms with van der Waals surface area (Å²) >= 11 is 0. The zero-order chi connectivity index (χ0) is 30.8. The van der Waals surface area contributed by atoms with E-state index < -0.39 is 59.9 Å². The van der Waals surface area contributed by atoms with E-state index in [1.165, 1.54) is 11.8 Å². The van der Waals surface area contributed by atoms with Crippen LogP contribution in [0.5, 0.6) is 0 Å². The second-order valence-electron chi connectivity index (χ2n) is 12.5. The Bertz CT molecular complexity index is 944. The van der Waals surface area contributed by atoms with E-state index in [9.17, 15) is 34.2 Å². The van der Waals surface area contributed by atoms with Gasteiger partial charge in [0.05, 0.1) is 6.04 Å². The molecule has 4 atom stereocenters. The van der Waals surface area contributed by atoms with E-state index in [-0.39, 0.29) is 24.9 Å². The van der Waals surface area contributed by atoms with Crippen LogP contribution in [0.1, 0.15) is 104 Å². The number of amides is 5. The van der Waals surface area contributed by atoms with Gasteiger partial charge in [0.1, 0.15) is 12.1 Å². The average Bonchev–Trinajstić information content (AvgIpc) is 3.81. The minimum absolute atomic E-state index is 0.0413. The minimum atomic E-state index is -1.95. The normalized spacial score (nSPS) is 21.1. The van der Waals surface area contributed by atoms with Gasteiger partial charge in [0, 0.05) is 18.5 Å². The van der Waals surface area contributed by atoms with Crippen LogP contribution in [0, 0.1) is 17.8 Å². The Morgan fingerprint density at radius 1 is 0.881 bits per heavy atom. The number of Topliss-reactive ketones (excluding diaryl/α,β-unsaturated/α-hetero) is 1. The van der Waals surface area contributed by atoms with E-state index in [0.717, 1.165) is 77.0 Å². The number of hydrogen-bond acceptors (Lipinski definition) is 7. The number of aliphatic hydroxyl groups excluding tert-OH is 1. The summed E-state index contributed by atoms with van der Waals surface area (Å²) in [6.07, 6.45) is 10.3. The molecule has 12 nitrogen and oxygen atoms in total. The van der Waals surface area contributed by atoms with Crippen molar-refractivity contribution < 1.29 is 34.2 Å². The third kappa shape index (κ3) is 9.65. The number of likely N-dealkylation sites (N-methyl/N-ethyl adjacent to an activating group) is 1. The van der Waals surface area contributed by atoms with Crippen molar-refractivity contribution in [2.24, 2.45) is 23.5 Å². The van der Waals surface area contributed by atoms with E-state index in [1.807, 2.05) is 0 Å². The number of aliphatic hydroxyl groups is 2. The Balaban J connectivity index is 1.84. The molecule has 12 heteroatoms. The number of urea groups is 1. The second-order valence-corrected chi connectivity index (χ2v) is 12.5. The molecule has 0 radical (unpaired) electrons. The molecule has 3 rings (SSSR count). The fourth-order valence-electron chi connectivity index (χ4n) is 6.47. The summed E-state index contributed by atoms with van der Waals surface area (Å²) in [7, 11) is 0. The predicted molar refractivity (Wildman–Crippen MR) is 156 cm³/mol. The molecule has 4 unspecified atom stereocenters. The topological polar surface area (TPSA) is 191 Å². The van der Waals surface area contributed by atoms with Crippen molar-refractivity contribution >= 4 is 29.5 Å². The lowest BCUT2D eigenvalue weighted by Crippen LogP contribution is -2.63. The number of carbonyl (C=O) groups excluding carboxylic acids is 5. The van der Waals surface area contributed by atoms with Gasteiger partial charge in [0.25, 0.3) is 5.91 Å². The Labute approximate surface area is 248 Å². The first-order chi connectivity index (χ1) is 20.0. The van der Waals surface area contributed by atoms with Crippen LogP contribution in [0.2, 0.25) is 0 Å². The van der Waals surface area contributed by atoms with Gasteiger partial charge >= 0.3 is 6.03 Å². The van der Waals surface area contributed by atoms with Crippen LogP contribution < -0.4 is 21.7 Å². The number of nitrogens with one attached hydrogen (secondary N) is 3. The molecule has 0 heterocycles. The van der Waals surface area contributed by atoms with Gasteiger partial charge in [0.15, 0.2) is 6.29 Å². The van der Waals surface area contributed by atoms with Crippen molar-refractivity contribution in [2.45, 2.75) is 134 Å². The summed E-state index contributed by atoms with van der Waals surface area (Å²) in [4.78, 5) is 66.7. The lowest BCUT2D eigenvalue weighted by Gasteiger charge is -2.39. The first-order valence-electron chi connectivity index (χ1n) is 15.9. The van der Waals surface area contributed by atoms with Crippen molar-refractivity contribution in [1.82, 2.24) is 20.9 Å². The lowest BCUT2D eigenvalue weighted by molar-refractivity contribution is -0.154. The van der Waals surface area contributed by atoms with E-state index in [0.29, 0.717) is 12.3 Å². The summed E-state index contributed by atoms with van der Waals surface area (Å²) < 4.78 is 0. The van der Waals surface area contributed by atoms with Crippen LogP contribution in [-0.4, -0.2) is 81.7 Å². The standard InChI is InChI=1S/C30H51N5O7/c1-3-35(24(18(2)29(40)41)27(38)33-22(25(36)26(31)37)17-16-19-14-15-19)28(39)23(20-10-6-4-7-11-20)34-30(42)32-21-12-8-5-9-13-21/h18-24,29,40-41H,3-17H2,1-2H3,(H2,31,37)(H,33,38)(H2,32,34,42). The summed E-state index contributed by atoms with van der Waals surface area (Å²) in [6.45, 7) is 3.15. The largest absolute Gasteiger partial charge is 0.368 e. The molecule has 238 valence electrons. The lowest BCUT2D eigenvalue weighted by atomic mass is 9.82. The number of nitrogens with zero attached hydrogens (tertiary/aromatic N) is 1. The van der Waals surface area contributed by atoms with Gasteiger partial charge in [-0.3, -0.25) is 19.2 Å². The maximum atomic E-state index is 14.2. The third-order valence-electron chi connectivity index (χ3n) is 9.25. The highest BCUT2D eigenvalue weighted by Crippen LogP contribution is 2.34. The number of hydrogen-bond donors (Lipinski definition) is 6. The molecule has 0 aromatic carbocycles. The number of nitrogens with two attached hydrogens (primary N) is 1. The molecule has 5 amide bonds. The van der Waals surface area contributed by atoms with Crippen molar-refractivity contribution in [3.05, 3.63) is 0 Å². The summed E-state index contributed by atoms with van der Waals surface area (Å²) in [5.74, 6) is -4.23. The summed E-state index contributed by atoms with van der Waals surface area (Å²) in [5, 5.41) is 28.7. The Hall–Kier alpha value is -2.73. The van der Waals surface area contributed by atoms with Crippen LogP contribution in [0.15, 0.2) is 0 Å². The van der Waals surface area contributed by atoms with Gasteiger partial charge in [-0.05, 0) is 57.3 Å². The molecule has 0 saturated heterocycles. The monoisotopic (exact) mass is 593 g/mol. The van der Waals surface area contributed by atoms with Crippen LogP contribution >= 0.6 is 0 Å². The van der Waals surface area contributed by atoms with Crippen molar-refractivity contribution in [2.75, 3.05) is 6.54 Å². The molecular formula is C30H51N5O7. The van der Waals surface area contributed by atoms with Gasteiger partial charge in [-0.1, -0.05) is 58.3 Å². The molecule has 0 aromatic rings. The predicted octanol–water partition coefficient (Wildman–Crippen LogP) is 1.46. The number of carbonyl (C=O) groups is 5. The molecule has 42 heavy (non-hydrogen) atoms. The van der Waals surface area contributed by atoms with E-state index >= 15 is 0 Å². The zero-order valence-corrected chi connectivity index (χ0v) is 25.2. The smallest absolute Gasteiger partial charge is 0.315 e. The molecule has 3 aliphatic carbocycles. The average molecular weight is 594 g/mol. The van der Waals surface area contributed by atoms with Crippen molar-refractivity contribution in [1.29, 1.82) is 0 Å². The molecule has 0 spiro atoms. The summed E-state index contributed by atoms with van der Waals surface area (Å²) in [6, 6.07) is -3.85. The molecule has 7 N–H and O–H groups in total. The van der Waals surface area contributed by atoms with Gasteiger partial charge in [-0.15, -0.1) is 0 Å². The molecule has 3 saturated carbocycles. The molecule has 3 aliphatic rings. The van der Waals surface area contributed by atoms with Crippen LogP contribution in [0.3, 0.4) is 0 Å². The highest BCUT2D eigenvalue weighted by molar-refractivity contribution is 6.37. The molecule has 0 aliphatic heterocycles. The first-order valence-corrected chi connectivity index (χ1v) is 15.9. The van der Waals surface area contributed by atoms with Crippen LogP contribution in [-0.2, 0) is 19.2 Å². The van der Waals surface area contributed by atoms with Crippen LogP contribution in [0.4, 0.5) is 4.79 Å². The first kappa shape index (κ1) is 33.8. The summed E-state index contributed by atoms with van der Waals surface area (Å²) in [5.41, 5.74) is 5.26. The van der Waals surface area contributed by atoms with E-state index in [1.54, 1.807) is 6.92 Å². The quantitative estimate of drug-likeness (QED) is 0.122. The third-order valence-corrected chi connectivity index (χ3v) is 9.25. The minimum Gasteiger partial charge on any atom is -0.368 e. The Morgan fingerprint density at radius 2 is 1.48 bits per heavy atom. The van der Waals surface area contributed by atoms with Crippen molar-refractivity contribution in [3.63, 3.8) is 0 Å². The maximum absolute atomic E-state index is 14.2. The Morgan fingerprint density at radius 3 is 2.00 bits per heavy atom. The number of ketones is 1.